The van der Waals surface area contributed by atoms with Crippen molar-refractivity contribution < 1.29 is 9.59 Å². The molecule has 2 amide bonds. The maximum atomic E-state index is 12.1. The number of rotatable bonds is 4. The van der Waals surface area contributed by atoms with Gasteiger partial charge in [-0.15, -0.1) is 0 Å². The standard InChI is InChI=1S/C16H17Cl2N3O2/c17-13-2-1-12(9-14(13)18)16(23)20-10-11-4-7-21(8-5-11)15(22)3-6-19/h1-2,9,11H,3-5,7-8,10H2,(H,20,23). The summed E-state index contributed by atoms with van der Waals surface area (Å²) in [5.74, 6) is 0.0187. The number of hydrogen-bond donors (Lipinski definition) is 1. The molecular formula is C16H17Cl2N3O2. The van der Waals surface area contributed by atoms with E-state index in [9.17, 15) is 9.59 Å². The molecule has 1 aliphatic rings. The van der Waals surface area contributed by atoms with E-state index in [2.05, 4.69) is 5.32 Å². The summed E-state index contributed by atoms with van der Waals surface area (Å²) < 4.78 is 0. The molecule has 23 heavy (non-hydrogen) atoms. The topological polar surface area (TPSA) is 73.2 Å². The van der Waals surface area contributed by atoms with Gasteiger partial charge in [-0.2, -0.15) is 5.26 Å². The van der Waals surface area contributed by atoms with Crippen LogP contribution in [0.25, 0.3) is 0 Å². The highest BCUT2D eigenvalue weighted by Gasteiger charge is 2.23. The number of carbonyl (C=O) groups is 2. The summed E-state index contributed by atoms with van der Waals surface area (Å²) in [4.78, 5) is 25.4. The third-order valence-electron chi connectivity index (χ3n) is 3.93. The number of carbonyl (C=O) groups excluding carboxylic acids is 2. The molecule has 0 saturated carbocycles. The molecule has 0 aliphatic carbocycles. The summed E-state index contributed by atoms with van der Waals surface area (Å²) in [6.45, 7) is 1.82. The zero-order valence-electron chi connectivity index (χ0n) is 12.5. The first kappa shape index (κ1) is 17.6. The second-order valence-corrected chi connectivity index (χ2v) is 6.31. The number of nitriles is 1. The normalized spacial score (nSPS) is 15.1. The van der Waals surface area contributed by atoms with Gasteiger partial charge in [-0.3, -0.25) is 9.59 Å². The lowest BCUT2D eigenvalue weighted by atomic mass is 9.96. The van der Waals surface area contributed by atoms with Gasteiger partial charge in [-0.1, -0.05) is 23.2 Å². The van der Waals surface area contributed by atoms with E-state index in [0.717, 1.165) is 12.8 Å². The van der Waals surface area contributed by atoms with Crippen LogP contribution in [0.3, 0.4) is 0 Å². The molecule has 1 heterocycles. The van der Waals surface area contributed by atoms with Crippen LogP contribution in [-0.2, 0) is 4.79 Å². The summed E-state index contributed by atoms with van der Waals surface area (Å²) in [6, 6.07) is 6.65. The van der Waals surface area contributed by atoms with Crippen molar-refractivity contribution in [2.24, 2.45) is 5.92 Å². The Kier molecular flexibility index (Phi) is 6.26. The van der Waals surface area contributed by atoms with Gasteiger partial charge < -0.3 is 10.2 Å². The minimum atomic E-state index is -0.188. The molecule has 1 aromatic rings. The fourth-order valence-corrected chi connectivity index (χ4v) is 2.84. The number of halogens is 2. The van der Waals surface area contributed by atoms with Gasteiger partial charge in [0.05, 0.1) is 16.1 Å². The van der Waals surface area contributed by atoms with Gasteiger partial charge in [0.1, 0.15) is 6.42 Å². The summed E-state index contributed by atoms with van der Waals surface area (Å²) in [7, 11) is 0. The van der Waals surface area contributed by atoms with Crippen molar-refractivity contribution in [3.8, 4) is 6.07 Å². The Morgan fingerprint density at radius 1 is 1.26 bits per heavy atom. The lowest BCUT2D eigenvalue weighted by molar-refractivity contribution is -0.131. The molecule has 122 valence electrons. The Morgan fingerprint density at radius 3 is 2.57 bits per heavy atom. The van der Waals surface area contributed by atoms with Crippen molar-refractivity contribution in [2.75, 3.05) is 19.6 Å². The molecule has 7 heteroatoms. The molecule has 1 N–H and O–H groups in total. The van der Waals surface area contributed by atoms with Crippen LogP contribution in [0, 0.1) is 17.2 Å². The quantitative estimate of drug-likeness (QED) is 0.904. The van der Waals surface area contributed by atoms with Gasteiger partial charge in [-0.25, -0.2) is 0 Å². The molecule has 1 aromatic carbocycles. The Labute approximate surface area is 145 Å². The number of likely N-dealkylation sites (tertiary alicyclic amines) is 1. The van der Waals surface area contributed by atoms with E-state index in [1.54, 1.807) is 23.1 Å². The molecule has 1 aliphatic heterocycles. The molecule has 0 spiro atoms. The summed E-state index contributed by atoms with van der Waals surface area (Å²) in [5.41, 5.74) is 0.473. The van der Waals surface area contributed by atoms with Gasteiger partial charge in [0, 0.05) is 25.2 Å². The van der Waals surface area contributed by atoms with E-state index >= 15 is 0 Å². The van der Waals surface area contributed by atoms with Gasteiger partial charge in [0.15, 0.2) is 0 Å². The van der Waals surface area contributed by atoms with E-state index in [1.165, 1.54) is 0 Å². The van der Waals surface area contributed by atoms with E-state index in [-0.39, 0.29) is 18.2 Å². The lowest BCUT2D eigenvalue weighted by Gasteiger charge is -2.31. The second kappa shape index (κ2) is 8.19. The van der Waals surface area contributed by atoms with Crippen molar-refractivity contribution >= 4 is 35.0 Å². The summed E-state index contributed by atoms with van der Waals surface area (Å²) >= 11 is 11.7. The molecule has 5 nitrogen and oxygen atoms in total. The first-order valence-electron chi connectivity index (χ1n) is 7.39. The highest BCUT2D eigenvalue weighted by molar-refractivity contribution is 6.42. The SMILES string of the molecule is N#CCC(=O)N1CCC(CNC(=O)c2ccc(Cl)c(Cl)c2)CC1. The van der Waals surface area contributed by atoms with Gasteiger partial charge >= 0.3 is 0 Å². The van der Waals surface area contributed by atoms with Crippen LogP contribution in [-0.4, -0.2) is 36.3 Å². The average molecular weight is 354 g/mol. The van der Waals surface area contributed by atoms with E-state index in [4.69, 9.17) is 28.5 Å². The Bertz CT molecular complexity index is 635. The van der Waals surface area contributed by atoms with Crippen LogP contribution in [0.5, 0.6) is 0 Å². The van der Waals surface area contributed by atoms with Crippen LogP contribution in [0.1, 0.15) is 29.6 Å². The van der Waals surface area contributed by atoms with E-state index in [1.807, 2.05) is 6.07 Å². The van der Waals surface area contributed by atoms with E-state index in [0.29, 0.717) is 41.2 Å². The first-order valence-corrected chi connectivity index (χ1v) is 8.15. The summed E-state index contributed by atoms with van der Waals surface area (Å²) in [5, 5.41) is 12.2. The molecule has 0 unspecified atom stereocenters. The first-order chi connectivity index (χ1) is 11.0. The molecule has 0 aromatic heterocycles. The number of nitrogens with one attached hydrogen (secondary N) is 1. The molecule has 0 radical (unpaired) electrons. The van der Waals surface area contributed by atoms with Crippen molar-refractivity contribution in [3.63, 3.8) is 0 Å². The molecule has 0 bridgehead atoms. The molecular weight excluding hydrogens is 337 g/mol. The highest BCUT2D eigenvalue weighted by Crippen LogP contribution is 2.23. The lowest BCUT2D eigenvalue weighted by Crippen LogP contribution is -2.41. The Hall–Kier alpha value is -1.77. The average Bonchev–Trinajstić information content (AvgIpc) is 2.56. The molecule has 1 saturated heterocycles. The third kappa shape index (κ3) is 4.85. The number of nitrogens with zero attached hydrogens (tertiary/aromatic N) is 2. The number of hydrogen-bond acceptors (Lipinski definition) is 3. The monoisotopic (exact) mass is 353 g/mol. The molecule has 2 rings (SSSR count). The van der Waals surface area contributed by atoms with Gasteiger partial charge in [0.2, 0.25) is 5.91 Å². The zero-order chi connectivity index (χ0) is 16.8. The summed E-state index contributed by atoms with van der Waals surface area (Å²) in [6.07, 6.45) is 1.57. The number of benzene rings is 1. The minimum Gasteiger partial charge on any atom is -0.352 e. The zero-order valence-corrected chi connectivity index (χ0v) is 14.0. The fourth-order valence-electron chi connectivity index (χ4n) is 2.54. The van der Waals surface area contributed by atoms with Crippen LogP contribution in [0.4, 0.5) is 0 Å². The third-order valence-corrected chi connectivity index (χ3v) is 4.67. The van der Waals surface area contributed by atoms with Gasteiger partial charge in [-0.05, 0) is 37.0 Å². The Morgan fingerprint density at radius 2 is 1.96 bits per heavy atom. The van der Waals surface area contributed by atoms with Crippen LogP contribution in [0.2, 0.25) is 10.0 Å². The maximum Gasteiger partial charge on any atom is 0.251 e. The highest BCUT2D eigenvalue weighted by atomic mass is 35.5. The van der Waals surface area contributed by atoms with Crippen molar-refractivity contribution in [1.29, 1.82) is 5.26 Å². The largest absolute Gasteiger partial charge is 0.352 e. The van der Waals surface area contributed by atoms with Crippen molar-refractivity contribution in [3.05, 3.63) is 33.8 Å². The maximum absolute atomic E-state index is 12.1. The van der Waals surface area contributed by atoms with Crippen molar-refractivity contribution in [1.82, 2.24) is 10.2 Å². The number of piperidine rings is 1. The number of amides is 2. The predicted octanol–water partition coefficient (Wildman–Crippen LogP) is 2.88. The fraction of sp³-hybridized carbons (Fsp3) is 0.438. The molecule has 1 fully saturated rings. The minimum absolute atomic E-state index is 0.0707. The van der Waals surface area contributed by atoms with Crippen LogP contribution >= 0.6 is 23.2 Å². The van der Waals surface area contributed by atoms with Crippen LogP contribution < -0.4 is 5.32 Å². The van der Waals surface area contributed by atoms with Crippen LogP contribution in [0.15, 0.2) is 18.2 Å². The smallest absolute Gasteiger partial charge is 0.251 e. The molecule has 0 atom stereocenters. The van der Waals surface area contributed by atoms with Gasteiger partial charge in [0.25, 0.3) is 5.91 Å². The predicted molar refractivity (Wildman–Crippen MR) is 88.3 cm³/mol. The van der Waals surface area contributed by atoms with E-state index < -0.39 is 0 Å². The van der Waals surface area contributed by atoms with Crippen molar-refractivity contribution in [2.45, 2.75) is 19.3 Å². The Balaban J connectivity index is 1.79. The second-order valence-electron chi connectivity index (χ2n) is 5.50.